The van der Waals surface area contributed by atoms with E-state index in [-0.39, 0.29) is 12.3 Å². The highest BCUT2D eigenvalue weighted by Gasteiger charge is 2.48. The van der Waals surface area contributed by atoms with E-state index in [1.807, 2.05) is 0 Å². The summed E-state index contributed by atoms with van der Waals surface area (Å²) in [6.45, 7) is 3.55. The fourth-order valence-electron chi connectivity index (χ4n) is 1.66. The van der Waals surface area contributed by atoms with Crippen LogP contribution in [0, 0.1) is 5.92 Å². The molecule has 1 rings (SSSR count). The predicted octanol–water partition coefficient (Wildman–Crippen LogP) is -1.53. The number of carbonyl (C=O) groups is 2. The van der Waals surface area contributed by atoms with Crippen molar-refractivity contribution in [1.82, 2.24) is 0 Å². The first-order valence-electron chi connectivity index (χ1n) is 5.86. The van der Waals surface area contributed by atoms with E-state index in [9.17, 15) is 24.9 Å². The van der Waals surface area contributed by atoms with Gasteiger partial charge in [-0.1, -0.05) is 13.8 Å². The zero-order chi connectivity index (χ0) is 14.7. The van der Waals surface area contributed by atoms with Gasteiger partial charge in [0.25, 0.3) is 0 Å². The number of aliphatic carboxylic acids is 1. The number of carboxylic acids is 1. The second-order valence-corrected chi connectivity index (χ2v) is 4.82. The first kappa shape index (κ1) is 15.8. The molecule has 1 saturated heterocycles. The van der Waals surface area contributed by atoms with Gasteiger partial charge in [0, 0.05) is 6.42 Å². The Labute approximate surface area is 109 Å². The Bertz CT molecular complexity index is 342. The molecule has 19 heavy (non-hydrogen) atoms. The Morgan fingerprint density at radius 2 is 1.74 bits per heavy atom. The summed E-state index contributed by atoms with van der Waals surface area (Å²) in [7, 11) is 0. The summed E-state index contributed by atoms with van der Waals surface area (Å²) in [6.07, 6.45) is -8.61. The molecule has 5 atom stereocenters. The van der Waals surface area contributed by atoms with Crippen molar-refractivity contribution in [2.24, 2.45) is 5.92 Å². The fraction of sp³-hybridized carbons (Fsp3) is 0.818. The van der Waals surface area contributed by atoms with Crippen molar-refractivity contribution in [3.63, 3.8) is 0 Å². The summed E-state index contributed by atoms with van der Waals surface area (Å²) < 4.78 is 9.56. The smallest absolute Gasteiger partial charge is 0.335 e. The summed E-state index contributed by atoms with van der Waals surface area (Å²) in [6, 6.07) is 0. The van der Waals surface area contributed by atoms with Gasteiger partial charge in [-0.2, -0.15) is 0 Å². The standard InChI is InChI=1S/C11H18O8/c1-4(2)3-5(12)18-11-8(15)6(13)7(14)9(19-11)10(16)17/h4,6-9,11,13-15H,3H2,1-2H3,(H,16,17)/t6-,7-,8+,9-,11?/m0/s1. The van der Waals surface area contributed by atoms with Crippen LogP contribution in [0.1, 0.15) is 20.3 Å². The summed E-state index contributed by atoms with van der Waals surface area (Å²) in [4.78, 5) is 22.2. The molecule has 0 radical (unpaired) electrons. The molecule has 0 aromatic carbocycles. The van der Waals surface area contributed by atoms with Crippen LogP contribution < -0.4 is 0 Å². The fourth-order valence-corrected chi connectivity index (χ4v) is 1.66. The Hall–Kier alpha value is -1.22. The second kappa shape index (κ2) is 6.29. The van der Waals surface area contributed by atoms with Crippen LogP contribution in [0.4, 0.5) is 0 Å². The summed E-state index contributed by atoms with van der Waals surface area (Å²) in [5.41, 5.74) is 0. The topological polar surface area (TPSA) is 134 Å². The zero-order valence-corrected chi connectivity index (χ0v) is 10.6. The molecule has 4 N–H and O–H groups in total. The summed E-state index contributed by atoms with van der Waals surface area (Å²) in [5.74, 6) is -2.20. The van der Waals surface area contributed by atoms with E-state index in [4.69, 9.17) is 14.6 Å². The molecule has 8 heteroatoms. The average Bonchev–Trinajstić information content (AvgIpc) is 2.28. The number of ether oxygens (including phenoxy) is 2. The summed E-state index contributed by atoms with van der Waals surface area (Å²) in [5, 5.41) is 37.3. The lowest BCUT2D eigenvalue weighted by Crippen LogP contribution is -2.60. The number of aliphatic hydroxyl groups is 3. The van der Waals surface area contributed by atoms with E-state index in [2.05, 4.69) is 0 Å². The van der Waals surface area contributed by atoms with Crippen molar-refractivity contribution in [1.29, 1.82) is 0 Å². The maximum Gasteiger partial charge on any atom is 0.335 e. The van der Waals surface area contributed by atoms with E-state index >= 15 is 0 Å². The summed E-state index contributed by atoms with van der Waals surface area (Å²) >= 11 is 0. The minimum atomic E-state index is -1.80. The lowest BCUT2D eigenvalue weighted by Gasteiger charge is -2.38. The molecule has 1 heterocycles. The van der Waals surface area contributed by atoms with E-state index < -0.39 is 42.6 Å². The molecule has 0 aliphatic carbocycles. The molecular weight excluding hydrogens is 260 g/mol. The Morgan fingerprint density at radius 1 is 1.16 bits per heavy atom. The van der Waals surface area contributed by atoms with Crippen LogP contribution in [0.5, 0.6) is 0 Å². The van der Waals surface area contributed by atoms with Gasteiger partial charge in [0.2, 0.25) is 6.29 Å². The number of hydrogen-bond acceptors (Lipinski definition) is 7. The molecule has 0 aromatic heterocycles. The predicted molar refractivity (Wildman–Crippen MR) is 59.9 cm³/mol. The quantitative estimate of drug-likeness (QED) is 0.455. The van der Waals surface area contributed by atoms with E-state index in [1.54, 1.807) is 13.8 Å². The number of aliphatic hydroxyl groups excluding tert-OH is 3. The number of carbonyl (C=O) groups excluding carboxylic acids is 1. The molecule has 8 nitrogen and oxygen atoms in total. The van der Waals surface area contributed by atoms with Gasteiger partial charge < -0.3 is 29.9 Å². The van der Waals surface area contributed by atoms with Gasteiger partial charge in [-0.3, -0.25) is 4.79 Å². The Kier molecular flexibility index (Phi) is 5.24. The molecule has 1 fully saturated rings. The third-order valence-electron chi connectivity index (χ3n) is 2.64. The van der Waals surface area contributed by atoms with Crippen LogP contribution in [0.3, 0.4) is 0 Å². The molecule has 0 amide bonds. The first-order valence-corrected chi connectivity index (χ1v) is 5.86. The molecular formula is C11H18O8. The van der Waals surface area contributed by atoms with Crippen molar-refractivity contribution in [2.75, 3.05) is 0 Å². The second-order valence-electron chi connectivity index (χ2n) is 4.82. The van der Waals surface area contributed by atoms with E-state index in [0.717, 1.165) is 0 Å². The maximum absolute atomic E-state index is 11.4. The number of carboxylic acid groups (broad SMARTS) is 1. The van der Waals surface area contributed by atoms with Crippen molar-refractivity contribution in [3.05, 3.63) is 0 Å². The van der Waals surface area contributed by atoms with Crippen molar-refractivity contribution in [3.8, 4) is 0 Å². The lowest BCUT2D eigenvalue weighted by atomic mass is 9.99. The normalized spacial score (nSPS) is 35.2. The number of esters is 1. The largest absolute Gasteiger partial charge is 0.479 e. The van der Waals surface area contributed by atoms with Crippen LogP contribution >= 0.6 is 0 Å². The van der Waals surface area contributed by atoms with Crippen molar-refractivity contribution in [2.45, 2.75) is 51.0 Å². The molecule has 1 aliphatic rings. The molecule has 0 saturated carbocycles. The lowest BCUT2D eigenvalue weighted by molar-refractivity contribution is -0.286. The molecule has 1 unspecified atom stereocenters. The molecule has 0 aromatic rings. The SMILES string of the molecule is CC(C)CC(=O)OC1O[C@H](C(=O)O)[C@@H](O)[C@H](O)[C@H]1O. The monoisotopic (exact) mass is 278 g/mol. The van der Waals surface area contributed by atoms with Gasteiger partial charge in [0.1, 0.15) is 18.3 Å². The van der Waals surface area contributed by atoms with Gasteiger partial charge in [-0.15, -0.1) is 0 Å². The average molecular weight is 278 g/mol. The van der Waals surface area contributed by atoms with Gasteiger partial charge in [0.05, 0.1) is 0 Å². The maximum atomic E-state index is 11.4. The first-order chi connectivity index (χ1) is 8.73. The van der Waals surface area contributed by atoms with Crippen molar-refractivity contribution < 1.29 is 39.5 Å². The van der Waals surface area contributed by atoms with Crippen LogP contribution in [-0.4, -0.2) is 63.1 Å². The van der Waals surface area contributed by atoms with Gasteiger partial charge >= 0.3 is 11.9 Å². The van der Waals surface area contributed by atoms with Crippen LogP contribution in [-0.2, 0) is 19.1 Å². The Morgan fingerprint density at radius 3 is 2.21 bits per heavy atom. The van der Waals surface area contributed by atoms with Crippen LogP contribution in [0.25, 0.3) is 0 Å². The Balaban J connectivity index is 2.72. The molecule has 0 spiro atoms. The highest BCUT2D eigenvalue weighted by atomic mass is 16.7. The van der Waals surface area contributed by atoms with Gasteiger partial charge in [-0.05, 0) is 5.92 Å². The number of hydrogen-bond donors (Lipinski definition) is 4. The van der Waals surface area contributed by atoms with E-state index in [1.165, 1.54) is 0 Å². The van der Waals surface area contributed by atoms with Crippen molar-refractivity contribution >= 4 is 11.9 Å². The van der Waals surface area contributed by atoms with Gasteiger partial charge in [-0.25, -0.2) is 4.79 Å². The highest BCUT2D eigenvalue weighted by Crippen LogP contribution is 2.23. The highest BCUT2D eigenvalue weighted by molar-refractivity contribution is 5.73. The third-order valence-corrected chi connectivity index (χ3v) is 2.64. The van der Waals surface area contributed by atoms with Crippen LogP contribution in [0.15, 0.2) is 0 Å². The van der Waals surface area contributed by atoms with Gasteiger partial charge in [0.15, 0.2) is 6.10 Å². The zero-order valence-electron chi connectivity index (χ0n) is 10.6. The molecule has 110 valence electrons. The van der Waals surface area contributed by atoms with E-state index in [0.29, 0.717) is 0 Å². The number of rotatable bonds is 4. The third kappa shape index (κ3) is 3.87. The minimum Gasteiger partial charge on any atom is -0.479 e. The molecule has 1 aliphatic heterocycles. The minimum absolute atomic E-state index is 0.0130. The molecule has 0 bridgehead atoms. The van der Waals surface area contributed by atoms with Crippen LogP contribution in [0.2, 0.25) is 0 Å².